The SMILES string of the molecule is CC1CCN(S(=O)(=O)NC2CCCC2C(N)=S)CC1. The standard InChI is InChI=1S/C12H23N3O2S2/c1-9-5-7-15(8-6-9)19(16,17)14-11-4-2-3-10(11)12(13)18/h9-11,14H,2-8H2,1H3,(H2,13,18). The molecular weight excluding hydrogens is 282 g/mol. The molecule has 1 aliphatic carbocycles. The third-order valence-electron chi connectivity index (χ3n) is 4.26. The van der Waals surface area contributed by atoms with Gasteiger partial charge in [-0.15, -0.1) is 0 Å². The minimum atomic E-state index is -3.39. The first kappa shape index (κ1) is 15.2. The zero-order valence-electron chi connectivity index (χ0n) is 11.3. The highest BCUT2D eigenvalue weighted by Gasteiger charge is 2.35. The molecule has 110 valence electrons. The molecule has 2 unspecified atom stereocenters. The van der Waals surface area contributed by atoms with E-state index in [4.69, 9.17) is 18.0 Å². The van der Waals surface area contributed by atoms with Crippen LogP contribution in [-0.2, 0) is 10.2 Å². The Bertz CT molecular complexity index is 430. The predicted octanol–water partition coefficient (Wildman–Crippen LogP) is 1.01. The van der Waals surface area contributed by atoms with E-state index >= 15 is 0 Å². The van der Waals surface area contributed by atoms with Crippen molar-refractivity contribution >= 4 is 27.4 Å². The van der Waals surface area contributed by atoms with Gasteiger partial charge in [-0.2, -0.15) is 17.4 Å². The summed E-state index contributed by atoms with van der Waals surface area (Å²) in [4.78, 5) is 0.428. The molecule has 0 amide bonds. The van der Waals surface area contributed by atoms with Crippen LogP contribution in [0.5, 0.6) is 0 Å². The van der Waals surface area contributed by atoms with Crippen LogP contribution < -0.4 is 10.5 Å². The van der Waals surface area contributed by atoms with Crippen molar-refractivity contribution in [2.75, 3.05) is 13.1 Å². The van der Waals surface area contributed by atoms with E-state index in [1.54, 1.807) is 4.31 Å². The quantitative estimate of drug-likeness (QED) is 0.760. The average molecular weight is 305 g/mol. The molecule has 0 bridgehead atoms. The second-order valence-electron chi connectivity index (χ2n) is 5.75. The van der Waals surface area contributed by atoms with E-state index in [0.717, 1.165) is 32.1 Å². The highest BCUT2D eigenvalue weighted by molar-refractivity contribution is 7.87. The second kappa shape index (κ2) is 6.03. The second-order valence-corrected chi connectivity index (χ2v) is 7.92. The zero-order chi connectivity index (χ0) is 14.0. The minimum absolute atomic E-state index is 0.00786. The molecule has 1 saturated carbocycles. The van der Waals surface area contributed by atoms with Gasteiger partial charge in [0.15, 0.2) is 0 Å². The normalized spacial score (nSPS) is 30.6. The number of thiocarbonyl (C=S) groups is 1. The molecule has 0 aromatic heterocycles. The summed E-state index contributed by atoms with van der Waals surface area (Å²) < 4.78 is 29.1. The Kier molecular flexibility index (Phi) is 4.81. The summed E-state index contributed by atoms with van der Waals surface area (Å²) >= 11 is 5.02. The summed E-state index contributed by atoms with van der Waals surface area (Å²) in [5.41, 5.74) is 5.69. The van der Waals surface area contributed by atoms with Crippen molar-refractivity contribution in [1.29, 1.82) is 0 Å². The van der Waals surface area contributed by atoms with E-state index in [2.05, 4.69) is 11.6 Å². The van der Waals surface area contributed by atoms with Crippen LogP contribution in [0.1, 0.15) is 39.0 Å². The van der Waals surface area contributed by atoms with Crippen LogP contribution >= 0.6 is 12.2 Å². The first-order valence-corrected chi connectivity index (χ1v) is 8.81. The summed E-state index contributed by atoms with van der Waals surface area (Å²) in [6, 6.07) is -0.123. The van der Waals surface area contributed by atoms with Crippen molar-refractivity contribution < 1.29 is 8.42 Å². The fourth-order valence-electron chi connectivity index (χ4n) is 2.93. The maximum Gasteiger partial charge on any atom is 0.279 e. The van der Waals surface area contributed by atoms with E-state index in [0.29, 0.717) is 24.0 Å². The van der Waals surface area contributed by atoms with Crippen LogP contribution in [0.25, 0.3) is 0 Å². The van der Waals surface area contributed by atoms with Gasteiger partial charge in [0.25, 0.3) is 10.2 Å². The molecule has 1 aliphatic heterocycles. The maximum absolute atomic E-state index is 12.3. The van der Waals surface area contributed by atoms with Crippen LogP contribution in [-0.4, -0.2) is 36.8 Å². The molecule has 19 heavy (non-hydrogen) atoms. The molecule has 3 N–H and O–H groups in total. The molecule has 0 radical (unpaired) electrons. The van der Waals surface area contributed by atoms with Crippen LogP contribution in [0.3, 0.4) is 0 Å². The van der Waals surface area contributed by atoms with E-state index in [-0.39, 0.29) is 12.0 Å². The van der Waals surface area contributed by atoms with Crippen LogP contribution in [0.4, 0.5) is 0 Å². The van der Waals surface area contributed by atoms with Crippen molar-refractivity contribution in [3.63, 3.8) is 0 Å². The lowest BCUT2D eigenvalue weighted by molar-refractivity contribution is 0.282. The smallest absolute Gasteiger partial charge is 0.279 e. The number of nitrogens with one attached hydrogen (secondary N) is 1. The molecule has 2 atom stereocenters. The number of nitrogens with zero attached hydrogens (tertiary/aromatic N) is 1. The van der Waals surface area contributed by atoms with Gasteiger partial charge in [-0.1, -0.05) is 25.6 Å². The summed E-state index contributed by atoms with van der Waals surface area (Å²) in [6.07, 6.45) is 4.56. The Morgan fingerprint density at radius 1 is 1.26 bits per heavy atom. The lowest BCUT2D eigenvalue weighted by atomic mass is 10.0. The molecule has 7 heteroatoms. The van der Waals surface area contributed by atoms with E-state index in [9.17, 15) is 8.42 Å². The van der Waals surface area contributed by atoms with Gasteiger partial charge in [-0.25, -0.2) is 0 Å². The lowest BCUT2D eigenvalue weighted by Crippen LogP contribution is -2.50. The fraction of sp³-hybridized carbons (Fsp3) is 0.917. The molecular formula is C12H23N3O2S2. The maximum atomic E-state index is 12.3. The Morgan fingerprint density at radius 2 is 1.89 bits per heavy atom. The summed E-state index contributed by atoms with van der Waals surface area (Å²) in [6.45, 7) is 3.39. The first-order valence-electron chi connectivity index (χ1n) is 6.97. The summed E-state index contributed by atoms with van der Waals surface area (Å²) in [7, 11) is -3.39. The van der Waals surface area contributed by atoms with Gasteiger partial charge in [-0.05, 0) is 31.6 Å². The largest absolute Gasteiger partial charge is 0.393 e. The summed E-state index contributed by atoms with van der Waals surface area (Å²) in [5, 5.41) is 0. The first-order chi connectivity index (χ1) is 8.90. The van der Waals surface area contributed by atoms with Crippen molar-refractivity contribution in [2.24, 2.45) is 17.6 Å². The highest BCUT2D eigenvalue weighted by atomic mass is 32.2. The topological polar surface area (TPSA) is 75.4 Å². The molecule has 2 rings (SSSR count). The third kappa shape index (κ3) is 3.65. The van der Waals surface area contributed by atoms with Gasteiger partial charge in [0.2, 0.25) is 0 Å². The van der Waals surface area contributed by atoms with E-state index < -0.39 is 10.2 Å². The van der Waals surface area contributed by atoms with Crippen molar-refractivity contribution in [2.45, 2.75) is 45.1 Å². The minimum Gasteiger partial charge on any atom is -0.393 e. The van der Waals surface area contributed by atoms with Crippen LogP contribution in [0, 0.1) is 11.8 Å². The van der Waals surface area contributed by atoms with Crippen LogP contribution in [0.15, 0.2) is 0 Å². The predicted molar refractivity (Wildman–Crippen MR) is 79.9 cm³/mol. The Balaban J connectivity index is 1.99. The van der Waals surface area contributed by atoms with Gasteiger partial charge in [0.05, 0.1) is 4.99 Å². The molecule has 5 nitrogen and oxygen atoms in total. The summed E-state index contributed by atoms with van der Waals surface area (Å²) in [5.74, 6) is 0.621. The lowest BCUT2D eigenvalue weighted by Gasteiger charge is -2.31. The number of hydrogen-bond donors (Lipinski definition) is 2. The van der Waals surface area contributed by atoms with Crippen molar-refractivity contribution in [3.05, 3.63) is 0 Å². The van der Waals surface area contributed by atoms with Gasteiger partial charge in [0, 0.05) is 25.0 Å². The number of nitrogens with two attached hydrogens (primary N) is 1. The Labute approximate surface area is 121 Å². The zero-order valence-corrected chi connectivity index (χ0v) is 13.0. The fourth-order valence-corrected chi connectivity index (χ4v) is 4.72. The molecule has 0 spiro atoms. The number of piperidine rings is 1. The van der Waals surface area contributed by atoms with Gasteiger partial charge < -0.3 is 5.73 Å². The molecule has 1 heterocycles. The van der Waals surface area contributed by atoms with Gasteiger partial charge >= 0.3 is 0 Å². The van der Waals surface area contributed by atoms with Crippen molar-refractivity contribution in [1.82, 2.24) is 9.03 Å². The number of rotatable bonds is 4. The average Bonchev–Trinajstić information content (AvgIpc) is 2.77. The Morgan fingerprint density at radius 3 is 2.47 bits per heavy atom. The van der Waals surface area contributed by atoms with Gasteiger partial charge in [0.1, 0.15) is 0 Å². The monoisotopic (exact) mass is 305 g/mol. The van der Waals surface area contributed by atoms with E-state index in [1.807, 2.05) is 0 Å². The van der Waals surface area contributed by atoms with Crippen LogP contribution in [0.2, 0.25) is 0 Å². The van der Waals surface area contributed by atoms with Crippen molar-refractivity contribution in [3.8, 4) is 0 Å². The molecule has 2 fully saturated rings. The molecule has 1 saturated heterocycles. The molecule has 2 aliphatic rings. The highest BCUT2D eigenvalue weighted by Crippen LogP contribution is 2.27. The third-order valence-corrected chi connectivity index (χ3v) is 6.21. The molecule has 0 aromatic rings. The van der Waals surface area contributed by atoms with E-state index in [1.165, 1.54) is 0 Å². The molecule has 0 aromatic carbocycles. The van der Waals surface area contributed by atoms with Gasteiger partial charge in [-0.3, -0.25) is 0 Å². The number of hydrogen-bond acceptors (Lipinski definition) is 3. The Hall–Kier alpha value is -0.240.